The predicted octanol–water partition coefficient (Wildman–Crippen LogP) is 3.01. The zero-order valence-corrected chi connectivity index (χ0v) is 11.7. The molecule has 0 bridgehead atoms. The Bertz CT molecular complexity index is 375. The van der Waals surface area contributed by atoms with Crippen LogP contribution in [0.15, 0.2) is 5.38 Å². The van der Waals surface area contributed by atoms with Gasteiger partial charge in [0.15, 0.2) is 0 Å². The number of ether oxygens (including phenoxy) is 1. The largest absolute Gasteiger partial charge is 0.369 e. The van der Waals surface area contributed by atoms with Crippen LogP contribution in [0.5, 0.6) is 0 Å². The van der Waals surface area contributed by atoms with Crippen molar-refractivity contribution in [2.45, 2.75) is 57.6 Å². The van der Waals surface area contributed by atoms with Gasteiger partial charge in [-0.25, -0.2) is 4.98 Å². The zero-order chi connectivity index (χ0) is 12.5. The molecule has 1 fully saturated rings. The molecule has 1 saturated carbocycles. The first-order valence-corrected chi connectivity index (χ1v) is 7.28. The summed E-state index contributed by atoms with van der Waals surface area (Å²) in [7, 11) is 0. The lowest BCUT2D eigenvalue weighted by atomic mass is 10.0. The standard InChI is InChI=1S/C13H22N2OS/c1-4-16-13(2,3)12-15-11(8-17-12)9-6-5-7-10(9)14/h8-10H,4-7,14H2,1-3H3. The van der Waals surface area contributed by atoms with Crippen LogP contribution in [0.2, 0.25) is 0 Å². The van der Waals surface area contributed by atoms with E-state index in [1.54, 1.807) is 11.3 Å². The Balaban J connectivity index is 2.15. The van der Waals surface area contributed by atoms with Crippen LogP contribution in [0.25, 0.3) is 0 Å². The first kappa shape index (κ1) is 13.0. The molecule has 4 heteroatoms. The molecule has 96 valence electrons. The van der Waals surface area contributed by atoms with Crippen LogP contribution in [0, 0.1) is 0 Å². The van der Waals surface area contributed by atoms with Crippen molar-refractivity contribution in [3.05, 3.63) is 16.1 Å². The number of nitrogens with two attached hydrogens (primary N) is 1. The van der Waals surface area contributed by atoms with Crippen molar-refractivity contribution in [3.63, 3.8) is 0 Å². The number of aromatic nitrogens is 1. The minimum atomic E-state index is -0.277. The molecule has 1 aliphatic carbocycles. The third-order valence-corrected chi connectivity index (χ3v) is 4.66. The second-order valence-corrected chi connectivity index (χ2v) is 6.08. The lowest BCUT2D eigenvalue weighted by Gasteiger charge is -2.22. The van der Waals surface area contributed by atoms with Crippen molar-refractivity contribution in [2.24, 2.45) is 5.73 Å². The van der Waals surface area contributed by atoms with Crippen molar-refractivity contribution in [2.75, 3.05) is 6.61 Å². The molecular formula is C13H22N2OS. The predicted molar refractivity (Wildman–Crippen MR) is 71.3 cm³/mol. The van der Waals surface area contributed by atoms with E-state index >= 15 is 0 Å². The van der Waals surface area contributed by atoms with Crippen molar-refractivity contribution in [1.82, 2.24) is 4.98 Å². The number of hydrogen-bond donors (Lipinski definition) is 1. The second kappa shape index (κ2) is 5.04. The lowest BCUT2D eigenvalue weighted by Crippen LogP contribution is -2.24. The van der Waals surface area contributed by atoms with Gasteiger partial charge in [-0.2, -0.15) is 0 Å². The highest BCUT2D eigenvalue weighted by Gasteiger charge is 2.30. The van der Waals surface area contributed by atoms with Crippen molar-refractivity contribution >= 4 is 11.3 Å². The summed E-state index contributed by atoms with van der Waals surface area (Å²) in [4.78, 5) is 4.75. The van der Waals surface area contributed by atoms with E-state index in [0.29, 0.717) is 18.6 Å². The van der Waals surface area contributed by atoms with Gasteiger partial charge >= 0.3 is 0 Å². The van der Waals surface area contributed by atoms with Crippen molar-refractivity contribution in [1.29, 1.82) is 0 Å². The quantitative estimate of drug-likeness (QED) is 0.898. The van der Waals surface area contributed by atoms with Crippen LogP contribution in [0.4, 0.5) is 0 Å². The second-order valence-electron chi connectivity index (χ2n) is 5.22. The molecule has 0 saturated heterocycles. The summed E-state index contributed by atoms with van der Waals surface area (Å²) in [6.07, 6.45) is 3.54. The van der Waals surface area contributed by atoms with E-state index in [-0.39, 0.29) is 5.60 Å². The van der Waals surface area contributed by atoms with E-state index in [4.69, 9.17) is 15.5 Å². The van der Waals surface area contributed by atoms with E-state index in [0.717, 1.165) is 11.4 Å². The molecule has 17 heavy (non-hydrogen) atoms. The highest BCUT2D eigenvalue weighted by molar-refractivity contribution is 7.09. The van der Waals surface area contributed by atoms with Crippen LogP contribution >= 0.6 is 11.3 Å². The third-order valence-electron chi connectivity index (χ3n) is 3.49. The zero-order valence-electron chi connectivity index (χ0n) is 10.9. The monoisotopic (exact) mass is 254 g/mol. The summed E-state index contributed by atoms with van der Waals surface area (Å²) in [5.41, 5.74) is 7.01. The normalized spacial score (nSPS) is 25.4. The fourth-order valence-electron chi connectivity index (χ4n) is 2.51. The average Bonchev–Trinajstić information content (AvgIpc) is 2.85. The van der Waals surface area contributed by atoms with E-state index < -0.39 is 0 Å². The van der Waals surface area contributed by atoms with Crippen LogP contribution in [0.1, 0.15) is 56.7 Å². The minimum Gasteiger partial charge on any atom is -0.369 e. The number of hydrogen-bond acceptors (Lipinski definition) is 4. The smallest absolute Gasteiger partial charge is 0.124 e. The molecule has 1 aliphatic rings. The van der Waals surface area contributed by atoms with Gasteiger partial charge in [0.25, 0.3) is 0 Å². The van der Waals surface area contributed by atoms with Crippen molar-refractivity contribution in [3.8, 4) is 0 Å². The summed E-state index contributed by atoms with van der Waals surface area (Å²) in [5.74, 6) is 0.456. The first-order chi connectivity index (χ1) is 8.04. The molecule has 2 N–H and O–H groups in total. The topological polar surface area (TPSA) is 48.1 Å². The minimum absolute atomic E-state index is 0.277. The molecule has 2 atom stereocenters. The highest BCUT2D eigenvalue weighted by atomic mass is 32.1. The molecule has 0 amide bonds. The van der Waals surface area contributed by atoms with Gasteiger partial charge in [0.1, 0.15) is 10.6 Å². The third kappa shape index (κ3) is 2.69. The summed E-state index contributed by atoms with van der Waals surface area (Å²) in [6, 6.07) is 0.292. The molecule has 0 radical (unpaired) electrons. The van der Waals surface area contributed by atoms with E-state index in [9.17, 15) is 0 Å². The summed E-state index contributed by atoms with van der Waals surface area (Å²) in [5, 5.41) is 3.22. The Hall–Kier alpha value is -0.450. The number of rotatable bonds is 4. The fraction of sp³-hybridized carbons (Fsp3) is 0.769. The molecule has 0 aromatic carbocycles. The average molecular weight is 254 g/mol. The van der Waals surface area contributed by atoms with Gasteiger partial charge in [0.2, 0.25) is 0 Å². The van der Waals surface area contributed by atoms with Gasteiger partial charge in [-0.15, -0.1) is 11.3 Å². The van der Waals surface area contributed by atoms with E-state index in [1.165, 1.54) is 18.5 Å². The molecule has 1 aromatic heterocycles. The molecule has 2 unspecified atom stereocenters. The maximum Gasteiger partial charge on any atom is 0.124 e. The molecule has 1 heterocycles. The Morgan fingerprint density at radius 3 is 2.88 bits per heavy atom. The molecule has 3 nitrogen and oxygen atoms in total. The van der Waals surface area contributed by atoms with Crippen LogP contribution in [-0.4, -0.2) is 17.6 Å². The number of nitrogens with zero attached hydrogens (tertiary/aromatic N) is 1. The number of thiazole rings is 1. The maximum atomic E-state index is 6.12. The molecular weight excluding hydrogens is 232 g/mol. The van der Waals surface area contributed by atoms with Crippen molar-refractivity contribution < 1.29 is 4.74 Å². The highest BCUT2D eigenvalue weighted by Crippen LogP contribution is 2.36. The molecule has 1 aromatic rings. The SMILES string of the molecule is CCOC(C)(C)c1nc(C2CCCC2N)cs1. The van der Waals surface area contributed by atoms with Crippen LogP contribution < -0.4 is 5.73 Å². The molecule has 2 rings (SSSR count). The van der Waals surface area contributed by atoms with Gasteiger partial charge in [-0.1, -0.05) is 6.42 Å². The Labute approximate surface area is 107 Å². The summed E-state index contributed by atoms with van der Waals surface area (Å²) in [6.45, 7) is 6.88. The van der Waals surface area contributed by atoms with Gasteiger partial charge in [0.05, 0.1) is 5.69 Å². The Morgan fingerprint density at radius 1 is 1.53 bits per heavy atom. The summed E-state index contributed by atoms with van der Waals surface area (Å²) < 4.78 is 5.73. The fourth-order valence-corrected chi connectivity index (χ4v) is 3.47. The van der Waals surface area contributed by atoms with Crippen LogP contribution in [0.3, 0.4) is 0 Å². The van der Waals surface area contributed by atoms with Crippen LogP contribution in [-0.2, 0) is 10.3 Å². The van der Waals surface area contributed by atoms with Gasteiger partial charge < -0.3 is 10.5 Å². The lowest BCUT2D eigenvalue weighted by molar-refractivity contribution is -0.0142. The first-order valence-electron chi connectivity index (χ1n) is 6.40. The van der Waals surface area contributed by atoms with E-state index in [1.807, 2.05) is 6.92 Å². The summed E-state index contributed by atoms with van der Waals surface area (Å²) >= 11 is 1.69. The Kier molecular flexibility index (Phi) is 3.85. The Morgan fingerprint density at radius 2 is 2.29 bits per heavy atom. The molecule has 0 spiro atoms. The maximum absolute atomic E-state index is 6.12. The van der Waals surface area contributed by atoms with Gasteiger partial charge in [-0.3, -0.25) is 0 Å². The van der Waals surface area contributed by atoms with E-state index in [2.05, 4.69) is 19.2 Å². The van der Waals surface area contributed by atoms with Gasteiger partial charge in [0, 0.05) is 23.9 Å². The molecule has 0 aliphatic heterocycles. The van der Waals surface area contributed by atoms with Gasteiger partial charge in [-0.05, 0) is 33.6 Å².